The lowest BCUT2D eigenvalue weighted by Crippen LogP contribution is -2.62. The summed E-state index contributed by atoms with van der Waals surface area (Å²) in [5.74, 6) is 0.644. The Morgan fingerprint density at radius 2 is 1.64 bits per heavy atom. The van der Waals surface area contributed by atoms with Gasteiger partial charge in [0.05, 0.1) is 0 Å². The molecule has 198 valence electrons. The van der Waals surface area contributed by atoms with Gasteiger partial charge in [-0.1, -0.05) is 44.2 Å². The highest BCUT2D eigenvalue weighted by Crippen LogP contribution is 2.66. The number of carbonyl (C=O) groups is 2. The van der Waals surface area contributed by atoms with Crippen molar-refractivity contribution in [1.29, 1.82) is 0 Å². The molecule has 5 rings (SSSR count). The first-order valence-electron chi connectivity index (χ1n) is 13.5. The number of likely N-dealkylation sites (tertiary alicyclic amines) is 1. The summed E-state index contributed by atoms with van der Waals surface area (Å²) >= 11 is 0. The number of benzene rings is 1. The highest BCUT2D eigenvalue weighted by molar-refractivity contribution is 5.81. The van der Waals surface area contributed by atoms with E-state index in [0.717, 1.165) is 45.4 Å². The Hall–Kier alpha value is -2.05. The number of hydrogen-bond acceptors (Lipinski definition) is 2. The Balaban J connectivity index is 1.38. The lowest BCUT2D eigenvalue weighted by molar-refractivity contribution is -0.199. The summed E-state index contributed by atoms with van der Waals surface area (Å²) in [6.07, 6.45) is 2.25. The predicted molar refractivity (Wildman–Crippen MR) is 132 cm³/mol. The second-order valence-electron chi connectivity index (χ2n) is 12.6. The molecule has 0 radical (unpaired) electrons. The van der Waals surface area contributed by atoms with Crippen molar-refractivity contribution in [2.45, 2.75) is 89.9 Å². The van der Waals surface area contributed by atoms with E-state index in [0.29, 0.717) is 30.6 Å². The molecule has 36 heavy (non-hydrogen) atoms. The zero-order valence-corrected chi connectivity index (χ0v) is 21.8. The summed E-state index contributed by atoms with van der Waals surface area (Å²) in [4.78, 5) is 28.0. The van der Waals surface area contributed by atoms with Crippen LogP contribution in [0.3, 0.4) is 0 Å². The van der Waals surface area contributed by atoms with Gasteiger partial charge in [0.15, 0.2) is 5.54 Å². The van der Waals surface area contributed by atoms with Gasteiger partial charge in [0, 0.05) is 25.4 Å². The molecule has 4 aliphatic rings. The number of amides is 2. The minimum absolute atomic E-state index is 0.0523. The number of halogens is 3. The molecule has 0 aromatic heterocycles. The van der Waals surface area contributed by atoms with E-state index in [-0.39, 0.29) is 28.3 Å². The molecule has 3 saturated carbocycles. The molecule has 7 heteroatoms. The SMILES string of the molecule is CN1C(=O)CC[C@]2(C)[C@H]3CC[C@]4(C)[C@@H](C(=O)NC(C)(c5ccccc5)C(F)(F)F)CC[C@H]4[C@@H]3CC[C@@H]12. The van der Waals surface area contributed by atoms with Gasteiger partial charge >= 0.3 is 6.18 Å². The molecule has 3 aliphatic carbocycles. The molecular formula is C29H39F3N2O2. The monoisotopic (exact) mass is 504 g/mol. The number of nitrogens with one attached hydrogen (secondary N) is 1. The maximum atomic E-state index is 14.3. The molecule has 0 spiro atoms. The molecular weight excluding hydrogens is 465 g/mol. The van der Waals surface area contributed by atoms with E-state index in [2.05, 4.69) is 19.2 Å². The average Bonchev–Trinajstić information content (AvgIpc) is 3.19. The van der Waals surface area contributed by atoms with Crippen LogP contribution in [0.1, 0.15) is 77.7 Å². The fourth-order valence-electron chi connectivity index (χ4n) is 8.99. The van der Waals surface area contributed by atoms with Crippen LogP contribution in [0.5, 0.6) is 0 Å². The van der Waals surface area contributed by atoms with Crippen LogP contribution in [0.4, 0.5) is 13.2 Å². The van der Waals surface area contributed by atoms with Crippen molar-refractivity contribution in [1.82, 2.24) is 10.2 Å². The van der Waals surface area contributed by atoms with Gasteiger partial charge in [-0.05, 0) is 86.0 Å². The summed E-state index contributed by atoms with van der Waals surface area (Å²) in [6.45, 7) is 5.59. The molecule has 1 aromatic rings. The van der Waals surface area contributed by atoms with Crippen LogP contribution < -0.4 is 5.32 Å². The standard InChI is InChI=1S/C29H39F3N2O2/c1-26-16-14-21-19(10-13-23-27(21,2)17-15-24(35)34(23)4)20(26)11-12-22(26)25(36)33-28(3,29(30,31)32)18-8-6-5-7-9-18/h5-9,19-23H,10-17H2,1-4H3,(H,33,36)/t19-,20-,21-,22+,23+,26-,27+,28?/m0/s1. The molecule has 1 aromatic carbocycles. The van der Waals surface area contributed by atoms with Crippen molar-refractivity contribution in [2.75, 3.05) is 7.05 Å². The predicted octanol–water partition coefficient (Wildman–Crippen LogP) is 6.06. The van der Waals surface area contributed by atoms with Crippen molar-refractivity contribution in [3.8, 4) is 0 Å². The van der Waals surface area contributed by atoms with Gasteiger partial charge in [-0.15, -0.1) is 0 Å². The largest absolute Gasteiger partial charge is 0.415 e. The number of carbonyl (C=O) groups excluding carboxylic acids is 2. The van der Waals surface area contributed by atoms with Gasteiger partial charge in [0.1, 0.15) is 0 Å². The molecule has 0 bridgehead atoms. The molecule has 1 heterocycles. The highest BCUT2D eigenvalue weighted by atomic mass is 19.4. The lowest BCUT2D eigenvalue weighted by Gasteiger charge is -2.61. The van der Waals surface area contributed by atoms with Crippen molar-refractivity contribution < 1.29 is 22.8 Å². The van der Waals surface area contributed by atoms with Crippen molar-refractivity contribution in [3.05, 3.63) is 35.9 Å². The third-order valence-electron chi connectivity index (χ3n) is 11.2. The van der Waals surface area contributed by atoms with Gasteiger partial charge in [-0.2, -0.15) is 13.2 Å². The Labute approximate surface area is 212 Å². The average molecular weight is 505 g/mol. The van der Waals surface area contributed by atoms with Gasteiger partial charge in [0.25, 0.3) is 0 Å². The Kier molecular flexibility index (Phi) is 6.03. The normalized spacial score (nSPS) is 40.0. The molecule has 1 unspecified atom stereocenters. The van der Waals surface area contributed by atoms with Crippen LogP contribution in [0.2, 0.25) is 0 Å². The minimum atomic E-state index is -4.61. The van der Waals surface area contributed by atoms with Gasteiger partial charge in [-0.25, -0.2) is 0 Å². The fourth-order valence-corrected chi connectivity index (χ4v) is 8.99. The number of nitrogens with zero attached hydrogens (tertiary/aromatic N) is 1. The first-order valence-corrected chi connectivity index (χ1v) is 13.5. The van der Waals surface area contributed by atoms with Gasteiger partial charge in [-0.3, -0.25) is 9.59 Å². The lowest BCUT2D eigenvalue weighted by atomic mass is 9.47. The molecule has 2 amide bonds. The summed E-state index contributed by atoms with van der Waals surface area (Å²) in [5, 5.41) is 2.48. The van der Waals surface area contributed by atoms with Crippen molar-refractivity contribution in [3.63, 3.8) is 0 Å². The second-order valence-corrected chi connectivity index (χ2v) is 12.6. The van der Waals surface area contributed by atoms with Crippen LogP contribution in [0.25, 0.3) is 0 Å². The third-order valence-corrected chi connectivity index (χ3v) is 11.2. The van der Waals surface area contributed by atoms with Crippen molar-refractivity contribution >= 4 is 11.8 Å². The topological polar surface area (TPSA) is 49.4 Å². The van der Waals surface area contributed by atoms with Crippen LogP contribution in [0, 0.1) is 34.5 Å². The number of alkyl halides is 3. The summed E-state index contributed by atoms with van der Waals surface area (Å²) in [5.41, 5.74) is -2.60. The van der Waals surface area contributed by atoms with E-state index < -0.39 is 23.5 Å². The number of rotatable bonds is 3. The Morgan fingerprint density at radius 1 is 0.972 bits per heavy atom. The van der Waals surface area contributed by atoms with E-state index in [4.69, 9.17) is 0 Å². The highest BCUT2D eigenvalue weighted by Gasteiger charge is 2.63. The van der Waals surface area contributed by atoms with Gasteiger partial charge < -0.3 is 10.2 Å². The summed E-state index contributed by atoms with van der Waals surface area (Å²) < 4.78 is 42.9. The number of fused-ring (bicyclic) bond motifs is 5. The first kappa shape index (κ1) is 25.6. The van der Waals surface area contributed by atoms with E-state index in [9.17, 15) is 22.8 Å². The quantitative estimate of drug-likeness (QED) is 0.544. The van der Waals surface area contributed by atoms with Gasteiger partial charge in [0.2, 0.25) is 11.8 Å². The molecule has 4 fully saturated rings. The van der Waals surface area contributed by atoms with E-state index in [1.165, 1.54) is 12.1 Å². The molecule has 8 atom stereocenters. The van der Waals surface area contributed by atoms with Crippen LogP contribution in [-0.2, 0) is 15.1 Å². The zero-order chi connectivity index (χ0) is 26.1. The summed E-state index contributed by atoms with van der Waals surface area (Å²) in [6, 6.07) is 7.97. The van der Waals surface area contributed by atoms with Crippen LogP contribution >= 0.6 is 0 Å². The van der Waals surface area contributed by atoms with E-state index in [1.54, 1.807) is 18.2 Å². The van der Waals surface area contributed by atoms with E-state index in [1.807, 2.05) is 11.9 Å². The number of hydrogen-bond donors (Lipinski definition) is 1. The smallest absolute Gasteiger partial charge is 0.342 e. The molecule has 4 nitrogen and oxygen atoms in total. The maximum absolute atomic E-state index is 14.3. The third kappa shape index (κ3) is 3.62. The zero-order valence-electron chi connectivity index (χ0n) is 21.8. The molecule has 1 N–H and O–H groups in total. The molecule has 1 saturated heterocycles. The van der Waals surface area contributed by atoms with Crippen LogP contribution in [-0.4, -0.2) is 36.0 Å². The second kappa shape index (κ2) is 8.49. The first-order chi connectivity index (χ1) is 16.8. The minimum Gasteiger partial charge on any atom is -0.342 e. The maximum Gasteiger partial charge on any atom is 0.415 e. The Bertz CT molecular complexity index is 1030. The summed E-state index contributed by atoms with van der Waals surface area (Å²) in [7, 11) is 1.94. The molecule has 1 aliphatic heterocycles. The Morgan fingerprint density at radius 3 is 2.31 bits per heavy atom. The van der Waals surface area contributed by atoms with Crippen LogP contribution in [0.15, 0.2) is 30.3 Å². The van der Waals surface area contributed by atoms with E-state index >= 15 is 0 Å². The number of piperidine rings is 1. The fraction of sp³-hybridized carbons (Fsp3) is 0.724. The van der Waals surface area contributed by atoms with Crippen molar-refractivity contribution in [2.24, 2.45) is 34.5 Å².